The average Bonchev–Trinajstić information content (AvgIpc) is 2.76. The van der Waals surface area contributed by atoms with Crippen molar-refractivity contribution in [2.45, 2.75) is 70.8 Å². The molecule has 0 aliphatic rings. The Bertz CT molecular complexity index is 1020. The van der Waals surface area contributed by atoms with Crippen LogP contribution in [0.3, 0.4) is 0 Å². The highest BCUT2D eigenvalue weighted by atomic mass is 35.5. The number of hydrogen-bond donors (Lipinski definition) is 1. The van der Waals surface area contributed by atoms with Crippen molar-refractivity contribution >= 4 is 25.9 Å². The minimum absolute atomic E-state index is 0.0516. The molecule has 0 radical (unpaired) electrons. The monoisotopic (exact) mass is 486 g/mol. The van der Waals surface area contributed by atoms with Crippen LogP contribution in [-0.4, -0.2) is 32.4 Å². The van der Waals surface area contributed by atoms with Crippen molar-refractivity contribution in [3.63, 3.8) is 0 Å². The summed E-state index contributed by atoms with van der Waals surface area (Å²) in [5.74, 6) is 5.96. The number of aryl methyl sites for hydroxylation is 1. The number of nitrogens with two attached hydrogens (primary N) is 1. The second kappa shape index (κ2) is 11.3. The lowest BCUT2D eigenvalue weighted by Crippen LogP contribution is -2.45. The van der Waals surface area contributed by atoms with Gasteiger partial charge in [-0.15, -0.1) is 0 Å². The first-order valence-electron chi connectivity index (χ1n) is 11.1. The van der Waals surface area contributed by atoms with E-state index >= 15 is 0 Å². The molecule has 0 fully saturated rings. The number of pyridine rings is 1. The van der Waals surface area contributed by atoms with Crippen molar-refractivity contribution < 1.29 is 14.0 Å². The van der Waals surface area contributed by atoms with Gasteiger partial charge >= 0.3 is 5.97 Å². The number of hydrogen-bond acceptors (Lipinski definition) is 5. The Morgan fingerprint density at radius 1 is 1.24 bits per heavy atom. The van der Waals surface area contributed by atoms with E-state index in [0.29, 0.717) is 23.6 Å². The van der Waals surface area contributed by atoms with Crippen LogP contribution in [0.1, 0.15) is 66.8 Å². The van der Waals surface area contributed by atoms with Gasteiger partial charge in [-0.25, -0.2) is 9.78 Å². The molecular formula is C26H35ClN2O3Si. The molecule has 2 unspecified atom stereocenters. The number of aromatic nitrogens is 1. The molecule has 0 amide bonds. The molecule has 2 aromatic rings. The third kappa shape index (κ3) is 7.41. The van der Waals surface area contributed by atoms with Crippen molar-refractivity contribution in [2.75, 3.05) is 7.11 Å². The highest BCUT2D eigenvalue weighted by molar-refractivity contribution is 6.74. The number of nitrogens with zero attached hydrogens (tertiary/aromatic N) is 1. The molecule has 33 heavy (non-hydrogen) atoms. The normalized spacial score (nSPS) is 13.6. The Morgan fingerprint density at radius 3 is 2.42 bits per heavy atom. The van der Waals surface area contributed by atoms with Crippen LogP contribution < -0.4 is 5.73 Å². The Balaban J connectivity index is 2.15. The van der Waals surface area contributed by atoms with Crippen LogP contribution in [-0.2, 0) is 9.16 Å². The van der Waals surface area contributed by atoms with E-state index < -0.39 is 8.32 Å². The Morgan fingerprint density at radius 2 is 1.88 bits per heavy atom. The van der Waals surface area contributed by atoms with E-state index in [4.69, 9.17) is 26.5 Å². The van der Waals surface area contributed by atoms with Crippen LogP contribution in [0.2, 0.25) is 23.3 Å². The number of methoxy groups -OCH3 is 1. The molecule has 2 rings (SSSR count). The minimum atomic E-state index is -2.08. The van der Waals surface area contributed by atoms with Crippen LogP contribution in [0, 0.1) is 18.8 Å². The molecule has 1 aromatic heterocycles. The van der Waals surface area contributed by atoms with Crippen molar-refractivity contribution in [3.05, 3.63) is 63.9 Å². The maximum Gasteiger partial charge on any atom is 0.337 e. The summed E-state index contributed by atoms with van der Waals surface area (Å²) in [6.45, 7) is 13.0. The predicted octanol–water partition coefficient (Wildman–Crippen LogP) is 6.05. The molecule has 0 saturated heterocycles. The van der Waals surface area contributed by atoms with Crippen molar-refractivity contribution in [3.8, 4) is 11.8 Å². The zero-order valence-electron chi connectivity index (χ0n) is 20.7. The van der Waals surface area contributed by atoms with E-state index in [1.54, 1.807) is 18.3 Å². The molecule has 0 bridgehead atoms. The van der Waals surface area contributed by atoms with Gasteiger partial charge in [0.15, 0.2) is 8.32 Å². The summed E-state index contributed by atoms with van der Waals surface area (Å²) in [6.07, 6.45) is 2.78. The molecule has 2 N–H and O–H groups in total. The maximum atomic E-state index is 11.5. The number of carbonyl (C=O) groups is 1. The van der Waals surface area contributed by atoms with Gasteiger partial charge in [0.05, 0.1) is 18.8 Å². The van der Waals surface area contributed by atoms with E-state index in [0.717, 1.165) is 16.7 Å². The van der Waals surface area contributed by atoms with Gasteiger partial charge in [-0.05, 0) is 72.9 Å². The first-order valence-corrected chi connectivity index (χ1v) is 14.4. The second-order valence-corrected chi connectivity index (χ2v) is 14.9. The third-order valence-electron chi connectivity index (χ3n) is 6.12. The van der Waals surface area contributed by atoms with Crippen LogP contribution in [0.5, 0.6) is 0 Å². The van der Waals surface area contributed by atoms with Crippen LogP contribution >= 0.6 is 11.6 Å². The molecule has 0 aliphatic heterocycles. The van der Waals surface area contributed by atoms with Crippen molar-refractivity contribution in [2.24, 2.45) is 5.73 Å². The lowest BCUT2D eigenvalue weighted by atomic mass is 9.99. The molecular weight excluding hydrogens is 452 g/mol. The molecule has 0 saturated carbocycles. The molecule has 7 heteroatoms. The summed E-state index contributed by atoms with van der Waals surface area (Å²) in [5.41, 5.74) is 9.84. The zero-order valence-corrected chi connectivity index (χ0v) is 22.4. The van der Waals surface area contributed by atoms with E-state index in [2.05, 4.69) is 50.7 Å². The fourth-order valence-corrected chi connectivity index (χ4v) is 4.40. The zero-order chi connectivity index (χ0) is 24.8. The van der Waals surface area contributed by atoms with Crippen molar-refractivity contribution in [1.29, 1.82) is 0 Å². The van der Waals surface area contributed by atoms with Gasteiger partial charge in [0.1, 0.15) is 5.15 Å². The van der Waals surface area contributed by atoms with Gasteiger partial charge < -0.3 is 14.9 Å². The van der Waals surface area contributed by atoms with Gasteiger partial charge in [0.2, 0.25) is 0 Å². The summed E-state index contributed by atoms with van der Waals surface area (Å²) >= 11 is 6.15. The minimum Gasteiger partial charge on any atom is -0.465 e. The summed E-state index contributed by atoms with van der Waals surface area (Å²) < 4.78 is 11.5. The summed E-state index contributed by atoms with van der Waals surface area (Å²) in [7, 11) is -0.713. The Kier molecular flexibility index (Phi) is 9.27. The number of esters is 1. The number of ether oxygens (including phenoxy) is 1. The number of halogens is 1. The Labute approximate surface area is 204 Å². The number of rotatable bonds is 7. The highest BCUT2D eigenvalue weighted by Gasteiger charge is 2.40. The second-order valence-electron chi connectivity index (χ2n) is 9.75. The van der Waals surface area contributed by atoms with E-state index in [9.17, 15) is 4.79 Å². The summed E-state index contributed by atoms with van der Waals surface area (Å²) in [6, 6.07) is 8.82. The van der Waals surface area contributed by atoms with Crippen LogP contribution in [0.15, 0.2) is 36.5 Å². The molecule has 1 heterocycles. The fraction of sp³-hybridized carbons (Fsp3) is 0.462. The number of carbonyl (C=O) groups excluding carboxylic acids is 1. The third-order valence-corrected chi connectivity index (χ3v) is 11.0. The maximum absolute atomic E-state index is 11.5. The highest BCUT2D eigenvalue weighted by Crippen LogP contribution is 2.41. The van der Waals surface area contributed by atoms with Gasteiger partial charge in [-0.3, -0.25) is 0 Å². The van der Waals surface area contributed by atoms with Crippen LogP contribution in [0.25, 0.3) is 0 Å². The van der Waals surface area contributed by atoms with Gasteiger partial charge in [0, 0.05) is 24.2 Å². The van der Waals surface area contributed by atoms with E-state index in [1.807, 2.05) is 25.1 Å². The largest absolute Gasteiger partial charge is 0.465 e. The first kappa shape index (κ1) is 27.1. The summed E-state index contributed by atoms with van der Waals surface area (Å²) in [5, 5.41) is 0.540. The summed E-state index contributed by atoms with van der Waals surface area (Å²) in [4.78, 5) is 15.9. The first-order chi connectivity index (χ1) is 15.4. The standard InChI is InChI=1S/C26H35ClN2O3Si/c1-18-16-21(17-29-24(18)27)23(32-33(6,7)26(2,3)4)22(28)11-9-8-10-19-12-14-20(15-13-19)25(30)31-5/h12-17,22-23H,9,11,28H2,1-7H3. The smallest absolute Gasteiger partial charge is 0.337 e. The van der Waals surface area contributed by atoms with E-state index in [1.165, 1.54) is 7.11 Å². The molecule has 0 spiro atoms. The molecule has 178 valence electrons. The van der Waals surface area contributed by atoms with Gasteiger partial charge in [-0.1, -0.05) is 44.2 Å². The van der Waals surface area contributed by atoms with E-state index in [-0.39, 0.29) is 23.2 Å². The quantitative estimate of drug-likeness (QED) is 0.223. The topological polar surface area (TPSA) is 74.4 Å². The van der Waals surface area contributed by atoms with Crippen LogP contribution in [0.4, 0.5) is 0 Å². The SMILES string of the molecule is COC(=O)c1ccc(C#CCCC(N)C(O[Si](C)(C)C(C)(C)C)c2cnc(Cl)c(C)c2)cc1. The van der Waals surface area contributed by atoms with Gasteiger partial charge in [0.25, 0.3) is 0 Å². The molecule has 2 atom stereocenters. The van der Waals surface area contributed by atoms with Crippen molar-refractivity contribution in [1.82, 2.24) is 4.98 Å². The molecule has 1 aromatic carbocycles. The fourth-order valence-electron chi connectivity index (χ4n) is 2.99. The van der Waals surface area contributed by atoms with Gasteiger partial charge in [-0.2, -0.15) is 0 Å². The lowest BCUT2D eigenvalue weighted by Gasteiger charge is -2.41. The molecule has 0 aliphatic carbocycles. The predicted molar refractivity (Wildman–Crippen MR) is 137 cm³/mol. The average molecular weight is 487 g/mol. The molecule has 5 nitrogen and oxygen atoms in total. The Hall–Kier alpha value is -2.17. The number of benzene rings is 1. The lowest BCUT2D eigenvalue weighted by molar-refractivity contribution is 0.0600.